The van der Waals surface area contributed by atoms with Gasteiger partial charge >= 0.3 is 19.2 Å². The van der Waals surface area contributed by atoms with Gasteiger partial charge in [0.25, 0.3) is 11.4 Å². The SMILES string of the molecule is N[C@@H](CC[P+](O)(O)C(=O)c1ccc([N+](=O)[O-])cc1[N+](=O)[O-])C(=O)O. The second-order valence-corrected chi connectivity index (χ2v) is 7.02. The first kappa shape index (κ1) is 19.5. The maximum atomic E-state index is 12.1. The van der Waals surface area contributed by atoms with Crippen molar-refractivity contribution in [3.05, 3.63) is 44.0 Å². The molecule has 0 amide bonds. The van der Waals surface area contributed by atoms with Crippen molar-refractivity contribution in [3.8, 4) is 0 Å². The Balaban J connectivity index is 3.15. The van der Waals surface area contributed by atoms with Gasteiger partial charge in [-0.25, -0.2) is 14.6 Å². The highest BCUT2D eigenvalue weighted by molar-refractivity contribution is 7.81. The van der Waals surface area contributed by atoms with E-state index in [-0.39, 0.29) is 0 Å². The van der Waals surface area contributed by atoms with Gasteiger partial charge in [0, 0.05) is 12.5 Å². The van der Waals surface area contributed by atoms with Gasteiger partial charge in [-0.05, 0) is 6.07 Å². The van der Waals surface area contributed by atoms with Crippen LogP contribution in [0.5, 0.6) is 0 Å². The summed E-state index contributed by atoms with van der Waals surface area (Å²) in [6.45, 7) is 0. The fraction of sp³-hybridized carbons (Fsp3) is 0.273. The van der Waals surface area contributed by atoms with E-state index in [2.05, 4.69) is 0 Å². The highest BCUT2D eigenvalue weighted by Crippen LogP contribution is 2.54. The van der Waals surface area contributed by atoms with Crippen LogP contribution in [0.4, 0.5) is 11.4 Å². The van der Waals surface area contributed by atoms with Gasteiger partial charge in [-0.3, -0.25) is 25.0 Å². The van der Waals surface area contributed by atoms with E-state index in [0.29, 0.717) is 6.07 Å². The Morgan fingerprint density at radius 1 is 1.21 bits per heavy atom. The molecule has 0 radical (unpaired) electrons. The summed E-state index contributed by atoms with van der Waals surface area (Å²) in [4.78, 5) is 62.1. The van der Waals surface area contributed by atoms with E-state index in [9.17, 15) is 39.6 Å². The van der Waals surface area contributed by atoms with Crippen LogP contribution >= 0.6 is 7.72 Å². The number of nitro groups is 2. The molecule has 0 saturated heterocycles. The summed E-state index contributed by atoms with van der Waals surface area (Å²) < 4.78 is 0. The van der Waals surface area contributed by atoms with Crippen molar-refractivity contribution in [2.45, 2.75) is 12.5 Å². The van der Waals surface area contributed by atoms with Gasteiger partial charge in [0.2, 0.25) is 0 Å². The lowest BCUT2D eigenvalue weighted by Gasteiger charge is -2.12. The first-order valence-corrected chi connectivity index (χ1v) is 8.15. The average Bonchev–Trinajstić information content (AvgIpc) is 2.50. The van der Waals surface area contributed by atoms with Gasteiger partial charge in [0.05, 0.1) is 15.9 Å². The molecule has 130 valence electrons. The molecule has 1 rings (SSSR count). The number of carbonyl (C=O) groups excluding carboxylic acids is 1. The molecular weight excluding hydrogens is 349 g/mol. The normalized spacial score (nSPS) is 12.5. The summed E-state index contributed by atoms with van der Waals surface area (Å²) in [5, 5.41) is 30.2. The topological polar surface area (TPSA) is 207 Å². The predicted molar refractivity (Wildman–Crippen MR) is 80.5 cm³/mol. The maximum Gasteiger partial charge on any atom is 0.363 e. The summed E-state index contributed by atoms with van der Waals surface area (Å²) >= 11 is 0. The summed E-state index contributed by atoms with van der Waals surface area (Å²) in [6, 6.07) is 0.638. The van der Waals surface area contributed by atoms with Crippen molar-refractivity contribution in [2.75, 3.05) is 6.16 Å². The second kappa shape index (κ2) is 7.36. The van der Waals surface area contributed by atoms with Crippen LogP contribution in [-0.2, 0) is 4.79 Å². The third-order valence-corrected chi connectivity index (χ3v) is 4.79. The largest absolute Gasteiger partial charge is 0.480 e. The number of rotatable bonds is 8. The molecule has 12 nitrogen and oxygen atoms in total. The number of carboxylic acid groups (broad SMARTS) is 1. The molecular formula is C11H13N3O9P+. The highest BCUT2D eigenvalue weighted by atomic mass is 31.2. The zero-order valence-electron chi connectivity index (χ0n) is 11.9. The molecule has 0 aliphatic heterocycles. The Labute approximate surface area is 134 Å². The number of nitro benzene ring substituents is 2. The number of carboxylic acids is 1. The van der Waals surface area contributed by atoms with Crippen LogP contribution in [0.2, 0.25) is 0 Å². The molecule has 0 spiro atoms. The molecule has 0 saturated carbocycles. The van der Waals surface area contributed by atoms with Gasteiger partial charge < -0.3 is 10.8 Å². The van der Waals surface area contributed by atoms with E-state index >= 15 is 0 Å². The summed E-state index contributed by atoms with van der Waals surface area (Å²) in [5.41, 5.74) is 1.49. The van der Waals surface area contributed by atoms with Gasteiger partial charge in [-0.15, -0.1) is 0 Å². The van der Waals surface area contributed by atoms with Crippen LogP contribution in [0, 0.1) is 20.2 Å². The molecule has 0 fully saturated rings. The molecule has 13 heteroatoms. The van der Waals surface area contributed by atoms with E-state index in [1.54, 1.807) is 0 Å². The first-order valence-electron chi connectivity index (χ1n) is 6.27. The third kappa shape index (κ3) is 4.49. The standard InChI is InChI=1S/C11H12N3O9P/c12-8(10(15)16)3-4-24(22,23)11(17)7-2-1-6(13(18)19)5-9(7)14(20)21/h1-2,5,8,22-23H,3-4,12H2/p+1/t8-/m0/s1. The summed E-state index contributed by atoms with van der Waals surface area (Å²) in [6.07, 6.45) is -1.13. The molecule has 1 aromatic rings. The molecule has 1 aromatic carbocycles. The van der Waals surface area contributed by atoms with E-state index in [1.165, 1.54) is 0 Å². The molecule has 0 aromatic heterocycles. The Bertz CT molecular complexity index is 706. The second-order valence-electron chi connectivity index (χ2n) is 4.71. The lowest BCUT2D eigenvalue weighted by Crippen LogP contribution is -2.31. The van der Waals surface area contributed by atoms with E-state index in [4.69, 9.17) is 10.8 Å². The summed E-state index contributed by atoms with van der Waals surface area (Å²) in [5.74, 6) is -1.41. The van der Waals surface area contributed by atoms with Gasteiger partial charge in [0.1, 0.15) is 17.8 Å². The number of benzene rings is 1. The number of non-ortho nitro benzene ring substituents is 1. The molecule has 24 heavy (non-hydrogen) atoms. The monoisotopic (exact) mass is 362 g/mol. The Kier molecular flexibility index (Phi) is 5.99. The zero-order chi connectivity index (χ0) is 18.7. The maximum absolute atomic E-state index is 12.1. The molecule has 1 atom stereocenters. The molecule has 0 aliphatic carbocycles. The number of aliphatic carboxylic acids is 1. The van der Waals surface area contributed by atoms with Crippen LogP contribution in [0.3, 0.4) is 0 Å². The zero-order valence-corrected chi connectivity index (χ0v) is 12.8. The molecule has 5 N–H and O–H groups in total. The van der Waals surface area contributed by atoms with Crippen molar-refractivity contribution in [3.63, 3.8) is 0 Å². The van der Waals surface area contributed by atoms with E-state index < -0.39 is 64.6 Å². The van der Waals surface area contributed by atoms with Crippen molar-refractivity contribution in [1.82, 2.24) is 0 Å². The van der Waals surface area contributed by atoms with E-state index in [0.717, 1.165) is 12.1 Å². The number of nitrogens with two attached hydrogens (primary N) is 1. The number of hydrogen-bond donors (Lipinski definition) is 4. The van der Waals surface area contributed by atoms with Crippen LogP contribution in [-0.4, -0.2) is 48.4 Å². The highest BCUT2D eigenvalue weighted by Gasteiger charge is 2.48. The number of nitrogens with zero attached hydrogens (tertiary/aromatic N) is 2. The van der Waals surface area contributed by atoms with Crippen molar-refractivity contribution >= 4 is 30.6 Å². The first-order chi connectivity index (χ1) is 11.0. The molecule has 0 heterocycles. The Morgan fingerprint density at radius 2 is 1.79 bits per heavy atom. The van der Waals surface area contributed by atoms with Crippen LogP contribution < -0.4 is 5.73 Å². The average molecular weight is 362 g/mol. The fourth-order valence-electron chi connectivity index (χ4n) is 1.70. The lowest BCUT2D eigenvalue weighted by atomic mass is 10.2. The van der Waals surface area contributed by atoms with Crippen molar-refractivity contribution in [2.24, 2.45) is 5.73 Å². The minimum absolute atomic E-state index is 0.442. The Hall–Kier alpha value is -2.53. The van der Waals surface area contributed by atoms with Crippen LogP contribution in [0.15, 0.2) is 18.2 Å². The smallest absolute Gasteiger partial charge is 0.363 e. The molecule has 0 unspecified atom stereocenters. The van der Waals surface area contributed by atoms with Crippen LogP contribution in [0.1, 0.15) is 16.8 Å². The third-order valence-electron chi connectivity index (χ3n) is 3.01. The summed E-state index contributed by atoms with van der Waals surface area (Å²) in [7, 11) is -4.41. The van der Waals surface area contributed by atoms with Crippen LogP contribution in [0.25, 0.3) is 0 Å². The van der Waals surface area contributed by atoms with E-state index in [1.807, 2.05) is 0 Å². The quantitative estimate of drug-likeness (QED) is 0.282. The van der Waals surface area contributed by atoms with Gasteiger partial charge in [0.15, 0.2) is 0 Å². The predicted octanol–water partition coefficient (Wildman–Crippen LogP) is 0.277. The lowest BCUT2D eigenvalue weighted by molar-refractivity contribution is -0.394. The molecule has 0 bridgehead atoms. The Morgan fingerprint density at radius 3 is 2.25 bits per heavy atom. The number of hydrogen-bond acceptors (Lipinski definition) is 9. The van der Waals surface area contributed by atoms with Gasteiger partial charge in [-0.1, -0.05) is 0 Å². The van der Waals surface area contributed by atoms with Crippen molar-refractivity contribution in [1.29, 1.82) is 0 Å². The minimum Gasteiger partial charge on any atom is -0.480 e. The van der Waals surface area contributed by atoms with Crippen molar-refractivity contribution < 1.29 is 34.3 Å². The molecule has 0 aliphatic rings. The fourth-order valence-corrected chi connectivity index (χ4v) is 3.12. The number of carbonyl (C=O) groups is 2. The van der Waals surface area contributed by atoms with Gasteiger partial charge in [-0.2, -0.15) is 0 Å². The minimum atomic E-state index is -4.41.